The van der Waals surface area contributed by atoms with Gasteiger partial charge in [0.05, 0.1) is 6.61 Å². The van der Waals surface area contributed by atoms with E-state index >= 15 is 0 Å². The second-order valence-electron chi connectivity index (χ2n) is 6.31. The summed E-state index contributed by atoms with van der Waals surface area (Å²) in [5, 5.41) is 0. The molecule has 3 rings (SSSR count). The van der Waals surface area contributed by atoms with Gasteiger partial charge in [0.2, 0.25) is 5.91 Å². The summed E-state index contributed by atoms with van der Waals surface area (Å²) in [4.78, 5) is 17.5. The molecular weight excluding hydrogens is 302 g/mol. The van der Waals surface area contributed by atoms with E-state index in [9.17, 15) is 4.79 Å². The van der Waals surface area contributed by atoms with Crippen LogP contribution in [0.2, 0.25) is 0 Å². The van der Waals surface area contributed by atoms with Gasteiger partial charge in [-0.3, -0.25) is 14.7 Å². The Hall–Kier alpha value is -2.24. The molecule has 1 aromatic carbocycles. The van der Waals surface area contributed by atoms with E-state index in [0.717, 1.165) is 19.6 Å². The maximum atomic E-state index is 10.9. The third-order valence-electron chi connectivity index (χ3n) is 4.48. The topological polar surface area (TPSA) is 68.5 Å². The molecule has 2 N–H and O–H groups in total. The second kappa shape index (κ2) is 8.04. The summed E-state index contributed by atoms with van der Waals surface area (Å²) in [6.45, 7) is 3.37. The van der Waals surface area contributed by atoms with Gasteiger partial charge in [-0.25, -0.2) is 0 Å². The summed E-state index contributed by atoms with van der Waals surface area (Å²) in [6.07, 6.45) is 3.66. The van der Waals surface area contributed by atoms with Crippen molar-refractivity contribution in [3.63, 3.8) is 0 Å². The summed E-state index contributed by atoms with van der Waals surface area (Å²) in [7, 11) is 0. The summed E-state index contributed by atoms with van der Waals surface area (Å²) >= 11 is 0. The van der Waals surface area contributed by atoms with Gasteiger partial charge in [-0.2, -0.15) is 0 Å². The van der Waals surface area contributed by atoms with Crippen LogP contribution < -0.4 is 5.73 Å². The van der Waals surface area contributed by atoms with E-state index in [2.05, 4.69) is 46.3 Å². The van der Waals surface area contributed by atoms with E-state index in [1.807, 2.05) is 18.5 Å². The molecular formula is C19H23N3O2. The van der Waals surface area contributed by atoms with Crippen LogP contribution in [0.25, 0.3) is 0 Å². The number of likely N-dealkylation sites (tertiary alicyclic amines) is 1. The van der Waals surface area contributed by atoms with E-state index in [0.29, 0.717) is 18.4 Å². The van der Waals surface area contributed by atoms with Crippen molar-refractivity contribution in [3.8, 4) is 0 Å². The minimum Gasteiger partial charge on any atom is -0.371 e. The summed E-state index contributed by atoms with van der Waals surface area (Å²) < 4.78 is 5.51. The molecule has 1 aromatic heterocycles. The Morgan fingerprint density at radius 2 is 1.92 bits per heavy atom. The number of amides is 1. The molecule has 0 spiro atoms. The van der Waals surface area contributed by atoms with Crippen LogP contribution in [0.4, 0.5) is 0 Å². The molecule has 2 atom stereocenters. The highest BCUT2D eigenvalue weighted by molar-refractivity contribution is 5.74. The fraction of sp³-hybridized carbons (Fsp3) is 0.368. The minimum atomic E-state index is -0.422. The van der Waals surface area contributed by atoms with Gasteiger partial charge in [-0.05, 0) is 23.3 Å². The Bertz CT molecular complexity index is 648. The van der Waals surface area contributed by atoms with E-state index < -0.39 is 5.91 Å². The summed E-state index contributed by atoms with van der Waals surface area (Å²) in [5.74, 6) is 0.301. The van der Waals surface area contributed by atoms with E-state index in [-0.39, 0.29) is 6.61 Å². The highest BCUT2D eigenvalue weighted by Crippen LogP contribution is 2.33. The number of hydrogen-bond donors (Lipinski definition) is 1. The highest BCUT2D eigenvalue weighted by Gasteiger charge is 2.33. The maximum absolute atomic E-state index is 10.9. The molecule has 0 radical (unpaired) electrons. The molecule has 0 aliphatic carbocycles. The van der Waals surface area contributed by atoms with Crippen molar-refractivity contribution in [2.45, 2.75) is 12.5 Å². The van der Waals surface area contributed by atoms with Crippen LogP contribution in [-0.2, 0) is 16.1 Å². The monoisotopic (exact) mass is 325 g/mol. The molecule has 5 nitrogen and oxygen atoms in total. The zero-order valence-electron chi connectivity index (χ0n) is 13.7. The van der Waals surface area contributed by atoms with Crippen molar-refractivity contribution in [2.75, 3.05) is 26.3 Å². The number of carbonyl (C=O) groups excluding carboxylic acids is 1. The quantitative estimate of drug-likeness (QED) is 0.843. The molecule has 5 heteroatoms. The predicted octanol–water partition coefficient (Wildman–Crippen LogP) is 1.80. The van der Waals surface area contributed by atoms with Crippen LogP contribution in [-0.4, -0.2) is 42.1 Å². The highest BCUT2D eigenvalue weighted by atomic mass is 16.5. The van der Waals surface area contributed by atoms with Crippen LogP contribution in [0, 0.1) is 5.92 Å². The Morgan fingerprint density at radius 3 is 2.62 bits per heavy atom. The van der Waals surface area contributed by atoms with Gasteiger partial charge < -0.3 is 10.5 Å². The van der Waals surface area contributed by atoms with Crippen LogP contribution in [0.1, 0.15) is 17.0 Å². The fourth-order valence-electron chi connectivity index (χ4n) is 3.40. The summed E-state index contributed by atoms with van der Waals surface area (Å²) in [5.41, 5.74) is 7.75. The van der Waals surface area contributed by atoms with E-state index in [1.54, 1.807) is 0 Å². The van der Waals surface area contributed by atoms with Crippen molar-refractivity contribution < 1.29 is 9.53 Å². The number of nitrogens with zero attached hydrogens (tertiary/aromatic N) is 2. The minimum absolute atomic E-state index is 0.0156. The number of aromatic nitrogens is 1. The first-order valence-corrected chi connectivity index (χ1v) is 8.24. The largest absolute Gasteiger partial charge is 0.371 e. The molecule has 1 amide bonds. The number of benzene rings is 1. The van der Waals surface area contributed by atoms with Gasteiger partial charge in [-0.15, -0.1) is 0 Å². The SMILES string of the molecule is NC(=O)COC[C@@H]1CN(Cc2ccccc2)C[C@H]1c1ccncc1. The van der Waals surface area contributed by atoms with Crippen LogP contribution in [0.5, 0.6) is 0 Å². The molecule has 0 saturated carbocycles. The first-order valence-electron chi connectivity index (χ1n) is 8.24. The predicted molar refractivity (Wildman–Crippen MR) is 92.2 cm³/mol. The lowest BCUT2D eigenvalue weighted by Crippen LogP contribution is -2.24. The molecule has 2 heterocycles. The number of carbonyl (C=O) groups is 1. The van der Waals surface area contributed by atoms with Gasteiger partial charge in [0, 0.05) is 43.9 Å². The average molecular weight is 325 g/mol. The smallest absolute Gasteiger partial charge is 0.243 e. The Morgan fingerprint density at radius 1 is 1.17 bits per heavy atom. The second-order valence-corrected chi connectivity index (χ2v) is 6.31. The maximum Gasteiger partial charge on any atom is 0.243 e. The van der Waals surface area contributed by atoms with Crippen molar-refractivity contribution in [1.29, 1.82) is 0 Å². The molecule has 1 aliphatic rings. The fourth-order valence-corrected chi connectivity index (χ4v) is 3.40. The standard InChI is InChI=1S/C19H23N3O2/c20-19(23)14-24-13-17-11-22(10-15-4-2-1-3-5-15)12-18(17)16-6-8-21-9-7-16/h1-9,17-18H,10-14H2,(H2,20,23)/t17-,18-/m0/s1. The number of ether oxygens (including phenoxy) is 1. The lowest BCUT2D eigenvalue weighted by molar-refractivity contribution is -0.122. The third kappa shape index (κ3) is 4.40. The molecule has 2 aromatic rings. The van der Waals surface area contributed by atoms with Gasteiger partial charge in [-0.1, -0.05) is 30.3 Å². The van der Waals surface area contributed by atoms with E-state index in [4.69, 9.17) is 10.5 Å². The first kappa shape index (κ1) is 16.6. The molecule has 1 aliphatic heterocycles. The van der Waals surface area contributed by atoms with Crippen LogP contribution in [0.15, 0.2) is 54.9 Å². The number of primary amides is 1. The number of pyridine rings is 1. The zero-order valence-corrected chi connectivity index (χ0v) is 13.7. The number of hydrogen-bond acceptors (Lipinski definition) is 4. The van der Waals surface area contributed by atoms with Gasteiger partial charge in [0.15, 0.2) is 0 Å². The van der Waals surface area contributed by atoms with Gasteiger partial charge in [0.25, 0.3) is 0 Å². The Kier molecular flexibility index (Phi) is 5.56. The Balaban J connectivity index is 1.68. The van der Waals surface area contributed by atoms with Gasteiger partial charge >= 0.3 is 0 Å². The number of rotatable bonds is 7. The first-order chi connectivity index (χ1) is 11.7. The van der Waals surface area contributed by atoms with Crippen molar-refractivity contribution >= 4 is 5.91 Å². The average Bonchev–Trinajstić information content (AvgIpc) is 2.99. The van der Waals surface area contributed by atoms with E-state index in [1.165, 1.54) is 11.1 Å². The van der Waals surface area contributed by atoms with Crippen LogP contribution >= 0.6 is 0 Å². The molecule has 0 bridgehead atoms. The number of nitrogens with two attached hydrogens (primary N) is 1. The Labute approximate surface area is 142 Å². The summed E-state index contributed by atoms with van der Waals surface area (Å²) in [6, 6.07) is 14.6. The molecule has 126 valence electrons. The lowest BCUT2D eigenvalue weighted by atomic mass is 9.90. The molecule has 1 saturated heterocycles. The normalized spacial score (nSPS) is 21.0. The molecule has 0 unspecified atom stereocenters. The lowest BCUT2D eigenvalue weighted by Gasteiger charge is -2.18. The molecule has 24 heavy (non-hydrogen) atoms. The van der Waals surface area contributed by atoms with Gasteiger partial charge in [0.1, 0.15) is 6.61 Å². The zero-order chi connectivity index (χ0) is 16.8. The third-order valence-corrected chi connectivity index (χ3v) is 4.48. The van der Waals surface area contributed by atoms with Crippen molar-refractivity contribution in [2.24, 2.45) is 11.7 Å². The van der Waals surface area contributed by atoms with Crippen molar-refractivity contribution in [3.05, 3.63) is 66.0 Å². The molecule has 1 fully saturated rings. The van der Waals surface area contributed by atoms with Crippen LogP contribution in [0.3, 0.4) is 0 Å². The van der Waals surface area contributed by atoms with Crippen molar-refractivity contribution in [1.82, 2.24) is 9.88 Å².